The van der Waals surface area contributed by atoms with Crippen LogP contribution in [0.1, 0.15) is 22.5 Å². The topological polar surface area (TPSA) is 66.6 Å². The van der Waals surface area contributed by atoms with Crippen LogP contribution in [0.4, 0.5) is 0 Å². The first-order valence-electron chi connectivity index (χ1n) is 6.14. The van der Waals surface area contributed by atoms with E-state index in [0.29, 0.717) is 11.6 Å². The number of imidazole rings is 1. The Labute approximate surface area is 104 Å². The number of nitrogens with one attached hydrogen (secondary N) is 1. The molecule has 0 saturated carbocycles. The average molecular weight is 245 g/mol. The van der Waals surface area contributed by atoms with Crippen LogP contribution < -0.4 is 5.32 Å². The van der Waals surface area contributed by atoms with E-state index in [-0.39, 0.29) is 5.56 Å². The summed E-state index contributed by atoms with van der Waals surface area (Å²) in [5.41, 5.74) is 1.76. The number of carbonyl (C=O) groups is 1. The third-order valence-electron chi connectivity index (χ3n) is 3.42. The van der Waals surface area contributed by atoms with Gasteiger partial charge in [0.25, 0.3) is 0 Å². The number of carboxylic acid groups (broad SMARTS) is 1. The molecule has 0 aliphatic carbocycles. The summed E-state index contributed by atoms with van der Waals surface area (Å²) in [4.78, 5) is 15.6. The van der Waals surface area contributed by atoms with Gasteiger partial charge in [-0.2, -0.15) is 0 Å². The number of carboxylic acids is 1. The molecule has 1 saturated heterocycles. The minimum atomic E-state index is -0.930. The Kier molecular flexibility index (Phi) is 2.76. The molecular weight excluding hydrogens is 230 g/mol. The Morgan fingerprint density at radius 2 is 2.50 bits per heavy atom. The molecule has 5 heteroatoms. The van der Waals surface area contributed by atoms with Crippen molar-refractivity contribution < 1.29 is 9.90 Å². The van der Waals surface area contributed by atoms with Gasteiger partial charge >= 0.3 is 5.97 Å². The Hall–Kier alpha value is -1.88. The largest absolute Gasteiger partial charge is 0.478 e. The summed E-state index contributed by atoms with van der Waals surface area (Å²) in [6.45, 7) is 2.10. The maximum atomic E-state index is 11.1. The second-order valence-corrected chi connectivity index (χ2v) is 4.75. The maximum absolute atomic E-state index is 11.1. The highest BCUT2D eigenvalue weighted by molar-refractivity contribution is 5.94. The summed E-state index contributed by atoms with van der Waals surface area (Å²) in [6.07, 6.45) is 5.85. The lowest BCUT2D eigenvalue weighted by atomic mass is 10.0. The fourth-order valence-corrected chi connectivity index (χ4v) is 2.51. The molecule has 0 radical (unpaired) electrons. The predicted molar refractivity (Wildman–Crippen MR) is 66.8 cm³/mol. The number of pyridine rings is 1. The summed E-state index contributed by atoms with van der Waals surface area (Å²) in [5, 5.41) is 12.4. The molecule has 1 fully saturated rings. The standard InChI is InChI=1S/C13H15N3O2/c17-13(18)11-2-1-5-16-8-10(15-12(11)16)6-9-3-4-14-7-9/h1-2,5,8-9,14H,3-4,6-7H2,(H,17,18). The molecule has 2 aromatic heterocycles. The lowest BCUT2D eigenvalue weighted by Crippen LogP contribution is -2.10. The lowest BCUT2D eigenvalue weighted by molar-refractivity contribution is 0.0698. The first-order chi connectivity index (χ1) is 8.74. The first kappa shape index (κ1) is 11.2. The summed E-state index contributed by atoms with van der Waals surface area (Å²) >= 11 is 0. The van der Waals surface area contributed by atoms with Crippen molar-refractivity contribution in [3.05, 3.63) is 35.8 Å². The van der Waals surface area contributed by atoms with Gasteiger partial charge in [0.2, 0.25) is 0 Å². The smallest absolute Gasteiger partial charge is 0.339 e. The molecule has 5 nitrogen and oxygen atoms in total. The second-order valence-electron chi connectivity index (χ2n) is 4.75. The minimum absolute atomic E-state index is 0.258. The Morgan fingerprint density at radius 1 is 1.61 bits per heavy atom. The number of aromatic carboxylic acids is 1. The Morgan fingerprint density at radius 3 is 3.22 bits per heavy atom. The van der Waals surface area contributed by atoms with Gasteiger partial charge in [-0.05, 0) is 44.0 Å². The van der Waals surface area contributed by atoms with E-state index >= 15 is 0 Å². The van der Waals surface area contributed by atoms with Crippen molar-refractivity contribution in [2.24, 2.45) is 5.92 Å². The van der Waals surface area contributed by atoms with E-state index in [1.54, 1.807) is 16.5 Å². The number of hydrogen-bond donors (Lipinski definition) is 2. The van der Waals surface area contributed by atoms with Gasteiger partial charge in [0, 0.05) is 12.4 Å². The zero-order valence-electron chi connectivity index (χ0n) is 9.97. The van der Waals surface area contributed by atoms with Gasteiger partial charge in [0.05, 0.1) is 5.69 Å². The van der Waals surface area contributed by atoms with Crippen LogP contribution in [0.3, 0.4) is 0 Å². The summed E-state index contributed by atoms with van der Waals surface area (Å²) in [5.74, 6) is -0.316. The van der Waals surface area contributed by atoms with Gasteiger partial charge in [-0.3, -0.25) is 0 Å². The number of hydrogen-bond acceptors (Lipinski definition) is 3. The van der Waals surface area contributed by atoms with Gasteiger partial charge in [0.15, 0.2) is 5.65 Å². The molecule has 0 spiro atoms. The number of nitrogens with zero attached hydrogens (tertiary/aromatic N) is 2. The highest BCUT2D eigenvalue weighted by Gasteiger charge is 2.17. The highest BCUT2D eigenvalue weighted by Crippen LogP contribution is 2.17. The second kappa shape index (κ2) is 4.42. The van der Waals surface area contributed by atoms with Crippen LogP contribution in [0, 0.1) is 5.92 Å². The SMILES string of the molecule is O=C(O)c1cccn2cc(CC3CCNC3)nc12. The lowest BCUT2D eigenvalue weighted by Gasteiger charge is -2.03. The molecule has 0 aromatic carbocycles. The molecule has 2 aromatic rings. The van der Waals surface area contributed by atoms with Crippen molar-refractivity contribution in [2.45, 2.75) is 12.8 Å². The normalized spacial score (nSPS) is 19.4. The molecule has 2 N–H and O–H groups in total. The number of fused-ring (bicyclic) bond motifs is 1. The average Bonchev–Trinajstić information content (AvgIpc) is 2.96. The van der Waals surface area contributed by atoms with Crippen LogP contribution in [0.2, 0.25) is 0 Å². The van der Waals surface area contributed by atoms with Gasteiger partial charge in [-0.25, -0.2) is 9.78 Å². The molecular formula is C13H15N3O2. The van der Waals surface area contributed by atoms with Gasteiger partial charge in [-0.1, -0.05) is 0 Å². The van der Waals surface area contributed by atoms with Gasteiger partial charge < -0.3 is 14.8 Å². The molecule has 3 rings (SSSR count). The van der Waals surface area contributed by atoms with Gasteiger partial charge in [0.1, 0.15) is 5.56 Å². The predicted octanol–water partition coefficient (Wildman–Crippen LogP) is 1.18. The molecule has 1 aliphatic rings. The van der Waals surface area contributed by atoms with Crippen molar-refractivity contribution in [3.8, 4) is 0 Å². The molecule has 94 valence electrons. The van der Waals surface area contributed by atoms with Crippen LogP contribution in [0.5, 0.6) is 0 Å². The van der Waals surface area contributed by atoms with Crippen molar-refractivity contribution in [1.29, 1.82) is 0 Å². The van der Waals surface area contributed by atoms with Crippen LogP contribution in [0.25, 0.3) is 5.65 Å². The summed E-state index contributed by atoms with van der Waals surface area (Å²) in [6, 6.07) is 3.32. The van der Waals surface area contributed by atoms with E-state index in [0.717, 1.165) is 25.2 Å². The zero-order chi connectivity index (χ0) is 12.5. The summed E-state index contributed by atoms with van der Waals surface area (Å²) in [7, 11) is 0. The maximum Gasteiger partial charge on any atom is 0.339 e. The molecule has 1 aliphatic heterocycles. The molecule has 1 atom stereocenters. The monoisotopic (exact) mass is 245 g/mol. The van der Waals surface area contributed by atoms with Crippen LogP contribution in [0.15, 0.2) is 24.5 Å². The fraction of sp³-hybridized carbons (Fsp3) is 0.385. The first-order valence-corrected chi connectivity index (χ1v) is 6.14. The highest BCUT2D eigenvalue weighted by atomic mass is 16.4. The third-order valence-corrected chi connectivity index (χ3v) is 3.42. The van der Waals surface area contributed by atoms with Gasteiger partial charge in [-0.15, -0.1) is 0 Å². The van der Waals surface area contributed by atoms with E-state index < -0.39 is 5.97 Å². The Bertz CT molecular complexity index is 585. The fourth-order valence-electron chi connectivity index (χ4n) is 2.51. The number of rotatable bonds is 3. The molecule has 18 heavy (non-hydrogen) atoms. The van der Waals surface area contributed by atoms with Crippen molar-refractivity contribution in [3.63, 3.8) is 0 Å². The zero-order valence-corrected chi connectivity index (χ0v) is 9.97. The van der Waals surface area contributed by atoms with Crippen LogP contribution in [-0.2, 0) is 6.42 Å². The van der Waals surface area contributed by atoms with E-state index in [1.807, 2.05) is 12.4 Å². The van der Waals surface area contributed by atoms with Crippen molar-refractivity contribution in [2.75, 3.05) is 13.1 Å². The van der Waals surface area contributed by atoms with Crippen molar-refractivity contribution in [1.82, 2.24) is 14.7 Å². The quantitative estimate of drug-likeness (QED) is 0.852. The van der Waals surface area contributed by atoms with Crippen LogP contribution in [-0.4, -0.2) is 33.6 Å². The van der Waals surface area contributed by atoms with E-state index in [4.69, 9.17) is 5.11 Å². The molecule has 0 amide bonds. The van der Waals surface area contributed by atoms with Crippen molar-refractivity contribution >= 4 is 11.6 Å². The molecule has 3 heterocycles. The summed E-state index contributed by atoms with van der Waals surface area (Å²) < 4.78 is 1.79. The molecule has 1 unspecified atom stereocenters. The van der Waals surface area contributed by atoms with E-state index in [2.05, 4.69) is 10.3 Å². The number of aromatic nitrogens is 2. The van der Waals surface area contributed by atoms with E-state index in [9.17, 15) is 4.79 Å². The molecule has 0 bridgehead atoms. The minimum Gasteiger partial charge on any atom is -0.478 e. The van der Waals surface area contributed by atoms with Crippen LogP contribution >= 0.6 is 0 Å². The van der Waals surface area contributed by atoms with E-state index in [1.165, 1.54) is 6.42 Å². The third kappa shape index (κ3) is 1.97. The Balaban J connectivity index is 1.94.